The fraction of sp³-hybridized carbons (Fsp3) is 0.625. The molecule has 1 atom stereocenters. The molecule has 1 aromatic rings. The summed E-state index contributed by atoms with van der Waals surface area (Å²) < 4.78 is 0. The summed E-state index contributed by atoms with van der Waals surface area (Å²) in [6.45, 7) is 2.10. The summed E-state index contributed by atoms with van der Waals surface area (Å²) in [5.41, 5.74) is 1.94. The van der Waals surface area contributed by atoms with Crippen molar-refractivity contribution in [2.75, 3.05) is 14.1 Å². The third kappa shape index (κ3) is 2.76. The van der Waals surface area contributed by atoms with Crippen LogP contribution in [0.4, 0.5) is 0 Å². The first-order valence-electron chi connectivity index (χ1n) is 6.98. The van der Waals surface area contributed by atoms with Crippen LogP contribution in [0.2, 0.25) is 0 Å². The Hall–Kier alpha value is -0.860. The highest BCUT2D eigenvalue weighted by Crippen LogP contribution is 2.40. The minimum atomic E-state index is -0.559. The Morgan fingerprint density at radius 3 is 2.11 bits per heavy atom. The monoisotopic (exact) mass is 247 g/mol. The van der Waals surface area contributed by atoms with Crippen molar-refractivity contribution in [3.8, 4) is 0 Å². The zero-order valence-corrected chi connectivity index (χ0v) is 11.8. The highest BCUT2D eigenvalue weighted by Gasteiger charge is 2.39. The number of rotatable bonds is 3. The number of hydrogen-bond donors (Lipinski definition) is 1. The van der Waals surface area contributed by atoms with Gasteiger partial charge in [-0.2, -0.15) is 0 Å². The lowest BCUT2D eigenvalue weighted by Gasteiger charge is -2.42. The Labute approximate surface area is 111 Å². The molecule has 0 bridgehead atoms. The summed E-state index contributed by atoms with van der Waals surface area (Å²) in [5.74, 6) is 0. The lowest BCUT2D eigenvalue weighted by atomic mass is 9.76. The first-order chi connectivity index (χ1) is 8.53. The Morgan fingerprint density at radius 1 is 1.06 bits per heavy atom. The van der Waals surface area contributed by atoms with Gasteiger partial charge in [0.2, 0.25) is 0 Å². The van der Waals surface area contributed by atoms with Crippen molar-refractivity contribution in [1.29, 1.82) is 0 Å². The fourth-order valence-corrected chi connectivity index (χ4v) is 3.28. The summed E-state index contributed by atoms with van der Waals surface area (Å²) in [4.78, 5) is 2.16. The van der Waals surface area contributed by atoms with Crippen molar-refractivity contribution in [2.24, 2.45) is 0 Å². The molecule has 1 aliphatic rings. The van der Waals surface area contributed by atoms with E-state index in [1.54, 1.807) is 0 Å². The van der Waals surface area contributed by atoms with Gasteiger partial charge in [-0.3, -0.25) is 4.90 Å². The van der Waals surface area contributed by atoms with Crippen molar-refractivity contribution in [2.45, 2.75) is 50.7 Å². The molecule has 18 heavy (non-hydrogen) atoms. The topological polar surface area (TPSA) is 23.5 Å². The third-order valence-electron chi connectivity index (χ3n) is 4.14. The maximum atomic E-state index is 11.0. The third-order valence-corrected chi connectivity index (χ3v) is 4.14. The molecule has 0 heterocycles. The fourth-order valence-electron chi connectivity index (χ4n) is 3.28. The van der Waals surface area contributed by atoms with Gasteiger partial charge in [-0.05, 0) is 39.4 Å². The second-order valence-electron chi connectivity index (χ2n) is 5.94. The largest absolute Gasteiger partial charge is 0.388 e. The molecule has 2 rings (SSSR count). The summed E-state index contributed by atoms with van der Waals surface area (Å²) in [7, 11) is 4.13. The van der Waals surface area contributed by atoms with Crippen LogP contribution in [0.3, 0.4) is 0 Å². The smallest absolute Gasteiger partial charge is 0.0843 e. The van der Waals surface area contributed by atoms with E-state index >= 15 is 0 Å². The van der Waals surface area contributed by atoms with Crippen molar-refractivity contribution >= 4 is 0 Å². The van der Waals surface area contributed by atoms with Crippen LogP contribution in [0.15, 0.2) is 24.3 Å². The van der Waals surface area contributed by atoms with Crippen molar-refractivity contribution in [3.63, 3.8) is 0 Å². The molecule has 2 nitrogen and oxygen atoms in total. The zero-order valence-electron chi connectivity index (χ0n) is 11.8. The number of hydrogen-bond acceptors (Lipinski definition) is 2. The average Bonchev–Trinajstić information content (AvgIpc) is 2.32. The molecule has 0 amide bonds. The van der Waals surface area contributed by atoms with E-state index in [9.17, 15) is 5.11 Å². The van der Waals surface area contributed by atoms with Gasteiger partial charge in [-0.15, -0.1) is 0 Å². The maximum absolute atomic E-state index is 11.0. The van der Waals surface area contributed by atoms with Crippen molar-refractivity contribution in [1.82, 2.24) is 4.90 Å². The van der Waals surface area contributed by atoms with Gasteiger partial charge in [0.15, 0.2) is 0 Å². The molecule has 100 valence electrons. The standard InChI is InChI=1S/C16H25NO/c1-13-7-9-14(10-8-13)15(17(2)3)16(18)11-5-4-6-12-16/h7-10,15,18H,4-6,11-12H2,1-3H3. The Morgan fingerprint density at radius 2 is 1.61 bits per heavy atom. The zero-order chi connectivity index (χ0) is 13.2. The van der Waals surface area contributed by atoms with Crippen molar-refractivity contribution < 1.29 is 5.11 Å². The number of likely N-dealkylation sites (N-methyl/N-ethyl adjacent to an activating group) is 1. The predicted octanol–water partition coefficient (Wildman–Crippen LogP) is 3.29. The van der Waals surface area contributed by atoms with Gasteiger partial charge < -0.3 is 5.11 Å². The molecule has 1 N–H and O–H groups in total. The van der Waals surface area contributed by atoms with Gasteiger partial charge in [0.05, 0.1) is 11.6 Å². The number of aliphatic hydroxyl groups is 1. The van der Waals surface area contributed by atoms with Gasteiger partial charge in [-0.25, -0.2) is 0 Å². The molecule has 1 saturated carbocycles. The second-order valence-corrected chi connectivity index (χ2v) is 5.94. The minimum absolute atomic E-state index is 0.110. The molecule has 0 aromatic heterocycles. The molecule has 1 aliphatic carbocycles. The molecule has 0 spiro atoms. The van der Waals surface area contributed by atoms with Crippen LogP contribution in [0.5, 0.6) is 0 Å². The van der Waals surface area contributed by atoms with E-state index in [2.05, 4.69) is 50.2 Å². The van der Waals surface area contributed by atoms with E-state index in [0.29, 0.717) is 0 Å². The van der Waals surface area contributed by atoms with Crippen LogP contribution in [0.1, 0.15) is 49.3 Å². The van der Waals surface area contributed by atoms with Crippen LogP contribution in [0.25, 0.3) is 0 Å². The van der Waals surface area contributed by atoms with Gasteiger partial charge in [0.1, 0.15) is 0 Å². The van der Waals surface area contributed by atoms with E-state index in [1.807, 2.05) is 0 Å². The normalized spacial score (nSPS) is 20.9. The number of aryl methyl sites for hydroxylation is 1. The van der Waals surface area contributed by atoms with Gasteiger partial charge >= 0.3 is 0 Å². The Bertz CT molecular complexity index is 377. The molecule has 2 heteroatoms. The molecule has 0 aliphatic heterocycles. The molecule has 0 radical (unpaired) electrons. The summed E-state index contributed by atoms with van der Waals surface area (Å²) >= 11 is 0. The van der Waals surface area contributed by atoms with Crippen LogP contribution in [0, 0.1) is 6.92 Å². The summed E-state index contributed by atoms with van der Waals surface area (Å²) in [5, 5.41) is 11.0. The molecular formula is C16H25NO. The van der Waals surface area contributed by atoms with E-state index in [1.165, 1.54) is 17.5 Å². The average molecular weight is 247 g/mol. The lowest BCUT2D eigenvalue weighted by Crippen LogP contribution is -2.44. The quantitative estimate of drug-likeness (QED) is 0.886. The van der Waals surface area contributed by atoms with Gasteiger partial charge in [0.25, 0.3) is 0 Å². The SMILES string of the molecule is Cc1ccc(C(N(C)C)C2(O)CCCCC2)cc1. The van der Waals surface area contributed by atoms with Crippen molar-refractivity contribution in [3.05, 3.63) is 35.4 Å². The maximum Gasteiger partial charge on any atom is 0.0843 e. The predicted molar refractivity (Wildman–Crippen MR) is 75.6 cm³/mol. The molecule has 1 aromatic carbocycles. The molecule has 1 fully saturated rings. The Kier molecular flexibility index (Phi) is 4.08. The van der Waals surface area contributed by atoms with E-state index < -0.39 is 5.60 Å². The van der Waals surface area contributed by atoms with Gasteiger partial charge in [-0.1, -0.05) is 49.1 Å². The summed E-state index contributed by atoms with van der Waals surface area (Å²) in [6, 6.07) is 8.70. The first-order valence-corrected chi connectivity index (χ1v) is 6.98. The van der Waals surface area contributed by atoms with Crippen LogP contribution in [-0.4, -0.2) is 29.7 Å². The van der Waals surface area contributed by atoms with E-state index in [-0.39, 0.29) is 6.04 Å². The summed E-state index contributed by atoms with van der Waals surface area (Å²) in [6.07, 6.45) is 5.39. The van der Waals surface area contributed by atoms with Crippen LogP contribution in [-0.2, 0) is 0 Å². The second kappa shape index (κ2) is 5.41. The minimum Gasteiger partial charge on any atom is -0.388 e. The first kappa shape index (κ1) is 13.6. The molecule has 0 saturated heterocycles. The van der Waals surface area contributed by atoms with E-state index in [4.69, 9.17) is 0 Å². The highest BCUT2D eigenvalue weighted by atomic mass is 16.3. The Balaban J connectivity index is 2.30. The molecular weight excluding hydrogens is 222 g/mol. The van der Waals surface area contributed by atoms with E-state index in [0.717, 1.165) is 25.7 Å². The lowest BCUT2D eigenvalue weighted by molar-refractivity contribution is -0.0622. The van der Waals surface area contributed by atoms with Crippen LogP contribution < -0.4 is 0 Å². The van der Waals surface area contributed by atoms with Crippen LogP contribution >= 0.6 is 0 Å². The number of benzene rings is 1. The molecule has 1 unspecified atom stereocenters. The highest BCUT2D eigenvalue weighted by molar-refractivity contribution is 5.26. The number of nitrogens with zero attached hydrogens (tertiary/aromatic N) is 1. The van der Waals surface area contributed by atoms with Gasteiger partial charge in [0, 0.05) is 0 Å².